The first-order valence-corrected chi connectivity index (χ1v) is 10.2. The summed E-state index contributed by atoms with van der Waals surface area (Å²) in [5.41, 5.74) is -2.95. The van der Waals surface area contributed by atoms with Gasteiger partial charge < -0.3 is 4.55 Å². The van der Waals surface area contributed by atoms with Gasteiger partial charge in [0.1, 0.15) is 0 Å². The molecule has 0 N–H and O–H groups in total. The Hall–Kier alpha value is -1.22. The standard InChI is InChI=1S/C15H16ClS.CHF3O3S/c1-12-7-6-10-15(13(12)2)17(11-16)14-8-4-3-5-9-14;2-1(3,4)8(5,6)7/h3-10H,11H2,1-2H3;(H,5,6,7)/q+1;/p-1. The molecule has 0 aromatic heterocycles. The Morgan fingerprint density at radius 3 is 2.00 bits per heavy atom. The third kappa shape index (κ3) is 6.22. The van der Waals surface area contributed by atoms with Crippen LogP contribution < -0.4 is 0 Å². The first-order chi connectivity index (χ1) is 11.5. The third-order valence-electron chi connectivity index (χ3n) is 3.24. The molecule has 138 valence electrons. The predicted octanol–water partition coefficient (Wildman–Crippen LogP) is 4.59. The van der Waals surface area contributed by atoms with E-state index in [4.69, 9.17) is 24.6 Å². The molecule has 0 amide bonds. The van der Waals surface area contributed by atoms with Crippen LogP contribution in [0.4, 0.5) is 13.2 Å². The van der Waals surface area contributed by atoms with Crippen molar-refractivity contribution in [1.29, 1.82) is 0 Å². The van der Waals surface area contributed by atoms with Crippen LogP contribution in [0.15, 0.2) is 58.3 Å². The quantitative estimate of drug-likeness (QED) is 0.320. The van der Waals surface area contributed by atoms with E-state index in [9.17, 15) is 13.2 Å². The lowest BCUT2D eigenvalue weighted by Crippen LogP contribution is -2.21. The lowest BCUT2D eigenvalue weighted by Gasteiger charge is -2.09. The first kappa shape index (κ1) is 21.8. The van der Waals surface area contributed by atoms with Gasteiger partial charge in [-0.1, -0.05) is 41.9 Å². The third-order valence-corrected chi connectivity index (χ3v) is 6.49. The molecule has 0 radical (unpaired) electrons. The average molecular weight is 413 g/mol. The second kappa shape index (κ2) is 8.93. The highest BCUT2D eigenvalue weighted by Gasteiger charge is 2.36. The van der Waals surface area contributed by atoms with Crippen LogP contribution in [0.2, 0.25) is 0 Å². The van der Waals surface area contributed by atoms with Crippen molar-refractivity contribution in [2.45, 2.75) is 29.1 Å². The topological polar surface area (TPSA) is 57.2 Å². The summed E-state index contributed by atoms with van der Waals surface area (Å²) >= 11 is 6.17. The van der Waals surface area contributed by atoms with Crippen molar-refractivity contribution in [1.82, 2.24) is 0 Å². The van der Waals surface area contributed by atoms with E-state index in [1.807, 2.05) is 6.07 Å². The molecule has 0 aliphatic heterocycles. The van der Waals surface area contributed by atoms with E-state index in [1.54, 1.807) is 0 Å². The highest BCUT2D eigenvalue weighted by molar-refractivity contribution is 7.98. The Bertz CT molecular complexity index is 794. The van der Waals surface area contributed by atoms with Gasteiger partial charge in [-0.05, 0) is 37.6 Å². The predicted molar refractivity (Wildman–Crippen MR) is 92.7 cm³/mol. The Labute approximate surface area is 152 Å². The van der Waals surface area contributed by atoms with E-state index in [1.165, 1.54) is 20.9 Å². The fraction of sp³-hybridized carbons (Fsp3) is 0.250. The molecule has 0 aliphatic rings. The molecular weight excluding hydrogens is 397 g/mol. The molecule has 1 atom stereocenters. The van der Waals surface area contributed by atoms with Crippen LogP contribution in [0.25, 0.3) is 0 Å². The molecule has 2 rings (SSSR count). The number of hydrogen-bond acceptors (Lipinski definition) is 3. The number of halogens is 4. The molecular formula is C16H16ClF3O3S2. The summed E-state index contributed by atoms with van der Waals surface area (Å²) in [4.78, 5) is 2.68. The van der Waals surface area contributed by atoms with Crippen molar-refractivity contribution >= 4 is 32.6 Å². The maximum Gasteiger partial charge on any atom is 0.485 e. The Balaban J connectivity index is 0.000000333. The van der Waals surface area contributed by atoms with Gasteiger partial charge in [-0.15, -0.1) is 0 Å². The number of benzene rings is 2. The fourth-order valence-electron chi connectivity index (χ4n) is 1.82. The van der Waals surface area contributed by atoms with E-state index in [-0.39, 0.29) is 10.9 Å². The highest BCUT2D eigenvalue weighted by Crippen LogP contribution is 2.28. The van der Waals surface area contributed by atoms with E-state index >= 15 is 0 Å². The molecule has 0 saturated heterocycles. The normalized spacial score (nSPS) is 12.9. The highest BCUT2D eigenvalue weighted by atomic mass is 35.5. The fourth-order valence-corrected chi connectivity index (χ4v) is 4.31. The van der Waals surface area contributed by atoms with Crippen LogP contribution in [0.5, 0.6) is 0 Å². The minimum absolute atomic E-state index is 0.0146. The summed E-state index contributed by atoms with van der Waals surface area (Å²) in [6, 6.07) is 17.0. The maximum atomic E-state index is 10.7. The average Bonchev–Trinajstić information content (AvgIpc) is 2.52. The molecule has 9 heteroatoms. The molecule has 25 heavy (non-hydrogen) atoms. The number of rotatable bonds is 3. The molecule has 2 aromatic rings. The minimum Gasteiger partial charge on any atom is -0.741 e. The van der Waals surface area contributed by atoms with Crippen molar-refractivity contribution in [3.63, 3.8) is 0 Å². The van der Waals surface area contributed by atoms with E-state index in [0.29, 0.717) is 5.21 Å². The molecule has 0 bridgehead atoms. The van der Waals surface area contributed by atoms with Crippen molar-refractivity contribution in [2.24, 2.45) is 0 Å². The van der Waals surface area contributed by atoms with Crippen LogP contribution in [-0.2, 0) is 21.0 Å². The number of aryl methyl sites for hydroxylation is 1. The van der Waals surface area contributed by atoms with Crippen molar-refractivity contribution < 1.29 is 26.1 Å². The van der Waals surface area contributed by atoms with E-state index in [0.717, 1.165) is 0 Å². The molecule has 0 heterocycles. The lowest BCUT2D eigenvalue weighted by atomic mass is 10.1. The Kier molecular flexibility index (Phi) is 7.80. The van der Waals surface area contributed by atoms with E-state index < -0.39 is 15.6 Å². The summed E-state index contributed by atoms with van der Waals surface area (Å²) in [6.45, 7) is 4.33. The zero-order chi connectivity index (χ0) is 19.3. The van der Waals surface area contributed by atoms with Gasteiger partial charge in [-0.25, -0.2) is 8.42 Å². The molecule has 0 fully saturated rings. The SMILES string of the molecule is Cc1cccc([S+](CCl)c2ccccc2)c1C.O=S(=O)([O-])C(F)(F)F. The van der Waals surface area contributed by atoms with Gasteiger partial charge in [0.25, 0.3) is 0 Å². The summed E-state index contributed by atoms with van der Waals surface area (Å²) in [5.74, 6) is 0. The van der Waals surface area contributed by atoms with Gasteiger partial charge in [0.15, 0.2) is 25.1 Å². The van der Waals surface area contributed by atoms with Crippen LogP contribution in [-0.4, -0.2) is 23.7 Å². The van der Waals surface area contributed by atoms with Crippen molar-refractivity contribution in [2.75, 3.05) is 5.21 Å². The zero-order valence-corrected chi connectivity index (χ0v) is 15.8. The molecule has 2 aromatic carbocycles. The van der Waals surface area contributed by atoms with Gasteiger partial charge in [-0.2, -0.15) is 13.2 Å². The molecule has 0 saturated carbocycles. The van der Waals surface area contributed by atoms with E-state index in [2.05, 4.69) is 56.3 Å². The minimum atomic E-state index is -6.09. The van der Waals surface area contributed by atoms with Gasteiger partial charge >= 0.3 is 5.51 Å². The zero-order valence-electron chi connectivity index (χ0n) is 13.4. The summed E-state index contributed by atoms with van der Waals surface area (Å²) in [7, 11) is -6.10. The maximum absolute atomic E-state index is 10.7. The smallest absolute Gasteiger partial charge is 0.485 e. The van der Waals surface area contributed by atoms with Crippen molar-refractivity contribution in [3.8, 4) is 0 Å². The molecule has 3 nitrogen and oxygen atoms in total. The Morgan fingerprint density at radius 1 is 1.04 bits per heavy atom. The monoisotopic (exact) mass is 412 g/mol. The summed E-state index contributed by atoms with van der Waals surface area (Å²) in [6.07, 6.45) is 0. The molecule has 0 spiro atoms. The molecule has 0 aliphatic carbocycles. The largest absolute Gasteiger partial charge is 0.741 e. The lowest BCUT2D eigenvalue weighted by molar-refractivity contribution is -0.0517. The van der Waals surface area contributed by atoms with Gasteiger partial charge in [0.2, 0.25) is 0 Å². The number of alkyl halides is 4. The van der Waals surface area contributed by atoms with Crippen LogP contribution in [0.3, 0.4) is 0 Å². The second-order valence-electron chi connectivity index (χ2n) is 4.91. The first-order valence-electron chi connectivity index (χ1n) is 6.89. The molecule has 1 unspecified atom stereocenters. The Morgan fingerprint density at radius 2 is 1.56 bits per heavy atom. The van der Waals surface area contributed by atoms with Gasteiger partial charge in [-0.3, -0.25) is 0 Å². The van der Waals surface area contributed by atoms with Gasteiger partial charge in [0.05, 0.1) is 10.9 Å². The summed E-state index contributed by atoms with van der Waals surface area (Å²) < 4.78 is 58.9. The summed E-state index contributed by atoms with van der Waals surface area (Å²) in [5, 5.41) is 0.647. The van der Waals surface area contributed by atoms with Crippen LogP contribution in [0.1, 0.15) is 11.1 Å². The second-order valence-corrected chi connectivity index (χ2v) is 8.85. The van der Waals surface area contributed by atoms with Crippen molar-refractivity contribution in [3.05, 3.63) is 59.7 Å². The number of hydrogen-bond donors (Lipinski definition) is 0. The van der Waals surface area contributed by atoms with Gasteiger partial charge in [0, 0.05) is 5.56 Å². The van der Waals surface area contributed by atoms with Crippen LogP contribution in [0, 0.1) is 13.8 Å². The van der Waals surface area contributed by atoms with Crippen LogP contribution >= 0.6 is 11.6 Å².